The Morgan fingerprint density at radius 3 is 3.04 bits per heavy atom. The molecule has 2 fully saturated rings. The van der Waals surface area contributed by atoms with E-state index in [2.05, 4.69) is 20.4 Å². The first-order valence-corrected chi connectivity index (χ1v) is 9.11. The van der Waals surface area contributed by atoms with E-state index in [9.17, 15) is 4.79 Å². The predicted octanol–water partition coefficient (Wildman–Crippen LogP) is 2.28. The van der Waals surface area contributed by atoms with E-state index < -0.39 is 0 Å². The van der Waals surface area contributed by atoms with E-state index in [4.69, 9.17) is 4.74 Å². The van der Waals surface area contributed by atoms with Gasteiger partial charge < -0.3 is 19.9 Å². The molecule has 1 atom stereocenters. The molecule has 7 nitrogen and oxygen atoms in total. The number of benzene rings is 1. The molecule has 4 rings (SSSR count). The molecule has 1 aromatic heterocycles. The number of likely N-dealkylation sites (tertiary alicyclic amines) is 1. The Morgan fingerprint density at radius 2 is 2.16 bits per heavy atom. The van der Waals surface area contributed by atoms with Crippen LogP contribution in [0.25, 0.3) is 10.9 Å². The molecule has 2 amide bonds. The Bertz CT molecular complexity index is 725. The van der Waals surface area contributed by atoms with Gasteiger partial charge in [0.1, 0.15) is 0 Å². The summed E-state index contributed by atoms with van der Waals surface area (Å²) < 4.78 is 5.97. The second kappa shape index (κ2) is 7.41. The lowest BCUT2D eigenvalue weighted by Gasteiger charge is -2.27. The lowest BCUT2D eigenvalue weighted by molar-refractivity contribution is 0.0355. The second-order valence-electron chi connectivity index (χ2n) is 6.90. The van der Waals surface area contributed by atoms with Crippen molar-refractivity contribution in [1.82, 2.24) is 20.0 Å². The van der Waals surface area contributed by atoms with Crippen LogP contribution in [0.2, 0.25) is 0 Å². The number of urea groups is 1. The number of aromatic amines is 1. The molecule has 2 saturated heterocycles. The van der Waals surface area contributed by atoms with Crippen LogP contribution in [0.1, 0.15) is 19.3 Å². The van der Waals surface area contributed by atoms with E-state index in [1.807, 2.05) is 23.1 Å². The standard InChI is InChI=1S/C18H25N5O2/c24-18(20-15-5-4-14-11-19-21-17(14)10-15)23-8-3-9-25-16(13-23)12-22-6-1-2-7-22/h4-5,10-11,16H,1-3,6-9,12-13H2,(H,19,21)(H,20,24)/t16-/m0/s1. The number of nitrogens with one attached hydrogen (secondary N) is 2. The monoisotopic (exact) mass is 343 g/mol. The molecule has 134 valence electrons. The number of fused-ring (bicyclic) bond motifs is 1. The fourth-order valence-electron chi connectivity index (χ4n) is 3.66. The molecule has 0 saturated carbocycles. The number of amides is 2. The highest BCUT2D eigenvalue weighted by Gasteiger charge is 2.25. The number of H-pyrrole nitrogens is 1. The number of hydrogen-bond donors (Lipinski definition) is 2. The molecule has 7 heteroatoms. The van der Waals surface area contributed by atoms with Crippen LogP contribution in [-0.2, 0) is 4.74 Å². The molecular weight excluding hydrogens is 318 g/mol. The van der Waals surface area contributed by atoms with Crippen molar-refractivity contribution in [3.8, 4) is 0 Å². The summed E-state index contributed by atoms with van der Waals surface area (Å²) in [5, 5.41) is 11.0. The van der Waals surface area contributed by atoms with Gasteiger partial charge in [0.15, 0.2) is 0 Å². The summed E-state index contributed by atoms with van der Waals surface area (Å²) in [6.07, 6.45) is 5.29. The number of carbonyl (C=O) groups excluding carboxylic acids is 1. The van der Waals surface area contributed by atoms with Gasteiger partial charge in [-0.05, 0) is 50.6 Å². The number of ether oxygens (including phenoxy) is 1. The molecule has 2 aromatic rings. The molecule has 2 aliphatic heterocycles. The smallest absolute Gasteiger partial charge is 0.321 e. The van der Waals surface area contributed by atoms with Gasteiger partial charge in [-0.25, -0.2) is 4.79 Å². The van der Waals surface area contributed by atoms with E-state index in [1.165, 1.54) is 12.8 Å². The molecule has 0 unspecified atom stereocenters. The third-order valence-electron chi connectivity index (χ3n) is 4.99. The van der Waals surface area contributed by atoms with Crippen molar-refractivity contribution >= 4 is 22.6 Å². The van der Waals surface area contributed by atoms with Gasteiger partial charge in [-0.2, -0.15) is 5.10 Å². The van der Waals surface area contributed by atoms with Crippen LogP contribution in [0, 0.1) is 0 Å². The summed E-state index contributed by atoms with van der Waals surface area (Å²) in [5.74, 6) is 0. The largest absolute Gasteiger partial charge is 0.375 e. The van der Waals surface area contributed by atoms with Crippen LogP contribution in [0.3, 0.4) is 0 Å². The Hall–Kier alpha value is -2.12. The van der Waals surface area contributed by atoms with Crippen LogP contribution in [-0.4, -0.2) is 71.5 Å². The van der Waals surface area contributed by atoms with Gasteiger partial charge in [-0.3, -0.25) is 5.10 Å². The lowest BCUT2D eigenvalue weighted by atomic mass is 10.2. The number of aromatic nitrogens is 2. The summed E-state index contributed by atoms with van der Waals surface area (Å²) in [6.45, 7) is 5.32. The van der Waals surface area contributed by atoms with Gasteiger partial charge in [0, 0.05) is 37.3 Å². The minimum atomic E-state index is -0.0595. The number of rotatable bonds is 3. The van der Waals surface area contributed by atoms with Crippen LogP contribution in [0.15, 0.2) is 24.4 Å². The van der Waals surface area contributed by atoms with Crippen molar-refractivity contribution in [2.24, 2.45) is 0 Å². The lowest BCUT2D eigenvalue weighted by Crippen LogP contribution is -2.43. The van der Waals surface area contributed by atoms with E-state index in [0.29, 0.717) is 6.54 Å². The normalized spacial score (nSPS) is 22.2. The zero-order chi connectivity index (χ0) is 17.1. The van der Waals surface area contributed by atoms with Crippen LogP contribution >= 0.6 is 0 Å². The molecule has 3 heterocycles. The van der Waals surface area contributed by atoms with Gasteiger partial charge in [-0.1, -0.05) is 0 Å². The number of hydrogen-bond acceptors (Lipinski definition) is 4. The molecule has 1 aromatic carbocycles. The fraction of sp³-hybridized carbons (Fsp3) is 0.556. The van der Waals surface area contributed by atoms with Crippen LogP contribution < -0.4 is 5.32 Å². The summed E-state index contributed by atoms with van der Waals surface area (Å²) >= 11 is 0. The van der Waals surface area contributed by atoms with Gasteiger partial charge in [0.25, 0.3) is 0 Å². The van der Waals surface area contributed by atoms with E-state index in [0.717, 1.165) is 55.8 Å². The maximum absolute atomic E-state index is 12.7. The van der Waals surface area contributed by atoms with Gasteiger partial charge in [0.05, 0.1) is 17.8 Å². The molecule has 2 aliphatic rings. The van der Waals surface area contributed by atoms with E-state index in [-0.39, 0.29) is 12.1 Å². The zero-order valence-corrected chi connectivity index (χ0v) is 14.4. The Kier molecular flexibility index (Phi) is 4.85. The van der Waals surface area contributed by atoms with Crippen LogP contribution in [0.5, 0.6) is 0 Å². The number of nitrogens with zero attached hydrogens (tertiary/aromatic N) is 3. The molecular formula is C18H25N5O2. The molecule has 0 aliphatic carbocycles. The third kappa shape index (κ3) is 3.93. The average molecular weight is 343 g/mol. The molecule has 25 heavy (non-hydrogen) atoms. The van der Waals surface area contributed by atoms with Crippen molar-refractivity contribution < 1.29 is 9.53 Å². The van der Waals surface area contributed by atoms with Gasteiger partial charge >= 0.3 is 6.03 Å². The summed E-state index contributed by atoms with van der Waals surface area (Å²) in [6, 6.07) is 5.72. The highest BCUT2D eigenvalue weighted by molar-refractivity contribution is 5.92. The van der Waals surface area contributed by atoms with Gasteiger partial charge in [0.2, 0.25) is 0 Å². The third-order valence-corrected chi connectivity index (χ3v) is 4.99. The predicted molar refractivity (Wildman–Crippen MR) is 96.7 cm³/mol. The van der Waals surface area contributed by atoms with Crippen LogP contribution in [0.4, 0.5) is 10.5 Å². The summed E-state index contributed by atoms with van der Waals surface area (Å²) in [4.78, 5) is 17.0. The Balaban J connectivity index is 1.38. The van der Waals surface area contributed by atoms with Crippen molar-refractivity contribution in [3.05, 3.63) is 24.4 Å². The minimum absolute atomic E-state index is 0.0595. The summed E-state index contributed by atoms with van der Waals surface area (Å²) in [5.41, 5.74) is 1.70. The maximum atomic E-state index is 12.7. The van der Waals surface area contributed by atoms with Crippen molar-refractivity contribution in [1.29, 1.82) is 0 Å². The van der Waals surface area contributed by atoms with Gasteiger partial charge in [-0.15, -0.1) is 0 Å². The molecule has 0 radical (unpaired) electrons. The van der Waals surface area contributed by atoms with E-state index >= 15 is 0 Å². The number of anilines is 1. The quantitative estimate of drug-likeness (QED) is 0.897. The van der Waals surface area contributed by atoms with Crippen molar-refractivity contribution in [3.63, 3.8) is 0 Å². The average Bonchev–Trinajstić information content (AvgIpc) is 3.22. The highest BCUT2D eigenvalue weighted by Crippen LogP contribution is 2.18. The number of carbonyl (C=O) groups is 1. The molecule has 0 spiro atoms. The van der Waals surface area contributed by atoms with Crippen molar-refractivity contribution in [2.75, 3.05) is 44.6 Å². The molecule has 2 N–H and O–H groups in total. The first-order valence-electron chi connectivity index (χ1n) is 9.11. The minimum Gasteiger partial charge on any atom is -0.375 e. The fourth-order valence-corrected chi connectivity index (χ4v) is 3.66. The first-order chi connectivity index (χ1) is 12.3. The topological polar surface area (TPSA) is 73.5 Å². The Morgan fingerprint density at radius 1 is 1.28 bits per heavy atom. The highest BCUT2D eigenvalue weighted by atomic mass is 16.5. The first kappa shape index (κ1) is 16.4. The molecule has 0 bridgehead atoms. The summed E-state index contributed by atoms with van der Waals surface area (Å²) in [7, 11) is 0. The Labute approximate surface area is 147 Å². The SMILES string of the molecule is O=C(Nc1ccc2cn[nH]c2c1)N1CCCO[C@@H](CN2CCCC2)C1. The van der Waals surface area contributed by atoms with E-state index in [1.54, 1.807) is 6.20 Å². The second-order valence-corrected chi connectivity index (χ2v) is 6.90. The maximum Gasteiger partial charge on any atom is 0.321 e. The van der Waals surface area contributed by atoms with Crippen molar-refractivity contribution in [2.45, 2.75) is 25.4 Å². The zero-order valence-electron chi connectivity index (χ0n) is 14.4.